The van der Waals surface area contributed by atoms with Crippen LogP contribution >= 0.6 is 0 Å². The SMILES string of the molecule is Nc1cnc(-c2ccc(CCNC(=O)O)cc2)c(-c2ccccc2)c1. The molecule has 0 radical (unpaired) electrons. The number of nitrogens with zero attached hydrogens (tertiary/aromatic N) is 1. The van der Waals surface area contributed by atoms with Gasteiger partial charge in [0.15, 0.2) is 0 Å². The molecule has 3 rings (SSSR count). The van der Waals surface area contributed by atoms with E-state index < -0.39 is 6.09 Å². The fourth-order valence-corrected chi connectivity index (χ4v) is 2.69. The zero-order valence-electron chi connectivity index (χ0n) is 13.6. The second-order valence-electron chi connectivity index (χ2n) is 5.71. The number of hydrogen-bond acceptors (Lipinski definition) is 3. The molecule has 4 N–H and O–H groups in total. The molecule has 0 aliphatic rings. The Morgan fingerprint density at radius 1 is 1.04 bits per heavy atom. The van der Waals surface area contributed by atoms with Crippen molar-refractivity contribution in [2.75, 3.05) is 12.3 Å². The third-order valence-corrected chi connectivity index (χ3v) is 3.91. The Labute approximate surface area is 146 Å². The first-order valence-electron chi connectivity index (χ1n) is 8.00. The maximum atomic E-state index is 10.5. The summed E-state index contributed by atoms with van der Waals surface area (Å²) >= 11 is 0. The summed E-state index contributed by atoms with van der Waals surface area (Å²) in [6.07, 6.45) is 1.30. The Morgan fingerprint density at radius 2 is 1.76 bits per heavy atom. The second-order valence-corrected chi connectivity index (χ2v) is 5.71. The summed E-state index contributed by atoms with van der Waals surface area (Å²) in [7, 11) is 0. The maximum absolute atomic E-state index is 10.5. The van der Waals surface area contributed by atoms with Crippen LogP contribution < -0.4 is 11.1 Å². The molecule has 2 aromatic carbocycles. The van der Waals surface area contributed by atoms with Gasteiger partial charge >= 0.3 is 6.09 Å². The van der Waals surface area contributed by atoms with Crippen molar-refractivity contribution < 1.29 is 9.90 Å². The average molecular weight is 333 g/mol. The molecule has 0 saturated carbocycles. The van der Waals surface area contributed by atoms with Crippen LogP contribution in [0, 0.1) is 0 Å². The number of rotatable bonds is 5. The number of carboxylic acid groups (broad SMARTS) is 1. The van der Waals surface area contributed by atoms with Crippen molar-refractivity contribution in [2.45, 2.75) is 6.42 Å². The standard InChI is InChI=1S/C20H19N3O2/c21-17-12-18(15-4-2-1-3-5-15)19(23-13-17)16-8-6-14(7-9-16)10-11-22-20(24)25/h1-9,12-13,22H,10-11,21H2,(H,24,25). The van der Waals surface area contributed by atoms with E-state index in [9.17, 15) is 4.79 Å². The molecule has 5 nitrogen and oxygen atoms in total. The number of amides is 1. The molecule has 1 aromatic heterocycles. The summed E-state index contributed by atoms with van der Waals surface area (Å²) in [6, 6.07) is 19.9. The first-order valence-corrected chi connectivity index (χ1v) is 8.00. The second kappa shape index (κ2) is 7.49. The lowest BCUT2D eigenvalue weighted by Crippen LogP contribution is -2.23. The Kier molecular flexibility index (Phi) is 4.95. The van der Waals surface area contributed by atoms with Crippen LogP contribution in [0.3, 0.4) is 0 Å². The Morgan fingerprint density at radius 3 is 2.44 bits per heavy atom. The van der Waals surface area contributed by atoms with Crippen molar-refractivity contribution in [3.05, 3.63) is 72.4 Å². The summed E-state index contributed by atoms with van der Waals surface area (Å²) in [6.45, 7) is 0.393. The van der Waals surface area contributed by atoms with Gasteiger partial charge in [-0.3, -0.25) is 4.98 Å². The van der Waals surface area contributed by atoms with Crippen molar-refractivity contribution in [1.29, 1.82) is 0 Å². The molecule has 5 heteroatoms. The Bertz CT molecular complexity index is 862. The highest BCUT2D eigenvalue weighted by Gasteiger charge is 2.10. The van der Waals surface area contributed by atoms with E-state index in [0.717, 1.165) is 27.9 Å². The van der Waals surface area contributed by atoms with Crippen molar-refractivity contribution in [3.8, 4) is 22.4 Å². The maximum Gasteiger partial charge on any atom is 0.404 e. The van der Waals surface area contributed by atoms with Gasteiger partial charge in [-0.05, 0) is 23.6 Å². The van der Waals surface area contributed by atoms with Crippen LogP contribution in [0.1, 0.15) is 5.56 Å². The van der Waals surface area contributed by atoms with Gasteiger partial charge in [-0.15, -0.1) is 0 Å². The van der Waals surface area contributed by atoms with Crippen LogP contribution in [-0.2, 0) is 6.42 Å². The normalized spacial score (nSPS) is 10.4. The number of benzene rings is 2. The predicted octanol–water partition coefficient (Wildman–Crippen LogP) is 3.81. The van der Waals surface area contributed by atoms with E-state index in [4.69, 9.17) is 10.8 Å². The summed E-state index contributed by atoms with van der Waals surface area (Å²) in [4.78, 5) is 15.0. The highest BCUT2D eigenvalue weighted by Crippen LogP contribution is 2.31. The summed E-state index contributed by atoms with van der Waals surface area (Å²) < 4.78 is 0. The van der Waals surface area contributed by atoms with E-state index in [1.807, 2.05) is 60.7 Å². The van der Waals surface area contributed by atoms with Crippen LogP contribution in [0.2, 0.25) is 0 Å². The van der Waals surface area contributed by atoms with Gasteiger partial charge < -0.3 is 16.2 Å². The van der Waals surface area contributed by atoms with Crippen molar-refractivity contribution in [3.63, 3.8) is 0 Å². The lowest BCUT2D eigenvalue weighted by molar-refractivity contribution is 0.194. The number of hydrogen-bond donors (Lipinski definition) is 3. The molecular weight excluding hydrogens is 314 g/mol. The topological polar surface area (TPSA) is 88.2 Å². The van der Waals surface area contributed by atoms with E-state index in [1.54, 1.807) is 6.20 Å². The molecule has 25 heavy (non-hydrogen) atoms. The highest BCUT2D eigenvalue weighted by molar-refractivity contribution is 5.82. The highest BCUT2D eigenvalue weighted by atomic mass is 16.4. The minimum atomic E-state index is -1.00. The van der Waals surface area contributed by atoms with Crippen LogP contribution in [-0.4, -0.2) is 22.7 Å². The van der Waals surface area contributed by atoms with E-state index in [2.05, 4.69) is 10.3 Å². The van der Waals surface area contributed by atoms with Gasteiger partial charge in [0.1, 0.15) is 0 Å². The Hall–Kier alpha value is -3.34. The number of anilines is 1. The van der Waals surface area contributed by atoms with Crippen LogP contribution in [0.4, 0.5) is 10.5 Å². The molecule has 3 aromatic rings. The summed E-state index contributed by atoms with van der Waals surface area (Å²) in [5.41, 5.74) is 11.5. The number of nitrogens with two attached hydrogens (primary N) is 1. The monoisotopic (exact) mass is 333 g/mol. The average Bonchev–Trinajstić information content (AvgIpc) is 2.63. The van der Waals surface area contributed by atoms with E-state index >= 15 is 0 Å². The lowest BCUT2D eigenvalue weighted by Gasteiger charge is -2.11. The zero-order chi connectivity index (χ0) is 17.6. The molecule has 0 atom stereocenters. The van der Waals surface area contributed by atoms with Crippen molar-refractivity contribution in [2.24, 2.45) is 0 Å². The van der Waals surface area contributed by atoms with Crippen LogP contribution in [0.5, 0.6) is 0 Å². The van der Waals surface area contributed by atoms with Gasteiger partial charge in [0.05, 0.1) is 17.6 Å². The van der Waals surface area contributed by atoms with Crippen LogP contribution in [0.25, 0.3) is 22.4 Å². The third-order valence-electron chi connectivity index (χ3n) is 3.91. The quantitative estimate of drug-likeness (QED) is 0.662. The third kappa shape index (κ3) is 4.14. The van der Waals surface area contributed by atoms with E-state index in [1.165, 1.54) is 0 Å². The number of nitrogen functional groups attached to an aromatic ring is 1. The minimum Gasteiger partial charge on any atom is -0.465 e. The van der Waals surface area contributed by atoms with E-state index in [-0.39, 0.29) is 0 Å². The largest absolute Gasteiger partial charge is 0.465 e. The molecule has 0 spiro atoms. The molecule has 0 aliphatic carbocycles. The van der Waals surface area contributed by atoms with Gasteiger partial charge in [-0.1, -0.05) is 54.6 Å². The molecule has 0 unspecified atom stereocenters. The van der Waals surface area contributed by atoms with Gasteiger partial charge in [0.25, 0.3) is 0 Å². The first-order chi connectivity index (χ1) is 12.1. The molecule has 0 bridgehead atoms. The fourth-order valence-electron chi connectivity index (χ4n) is 2.69. The van der Waals surface area contributed by atoms with Crippen molar-refractivity contribution in [1.82, 2.24) is 10.3 Å². The lowest BCUT2D eigenvalue weighted by atomic mass is 9.98. The van der Waals surface area contributed by atoms with E-state index in [0.29, 0.717) is 18.7 Å². The smallest absolute Gasteiger partial charge is 0.404 e. The zero-order valence-corrected chi connectivity index (χ0v) is 13.6. The van der Waals surface area contributed by atoms with Gasteiger partial charge in [0.2, 0.25) is 0 Å². The fraction of sp³-hybridized carbons (Fsp3) is 0.100. The van der Waals surface area contributed by atoms with Crippen molar-refractivity contribution >= 4 is 11.8 Å². The molecule has 0 aliphatic heterocycles. The van der Waals surface area contributed by atoms with Gasteiger partial charge in [-0.2, -0.15) is 0 Å². The number of nitrogens with one attached hydrogen (secondary N) is 1. The molecule has 126 valence electrons. The van der Waals surface area contributed by atoms with Gasteiger partial charge in [0, 0.05) is 17.7 Å². The van der Waals surface area contributed by atoms with Crippen LogP contribution in [0.15, 0.2) is 66.9 Å². The molecular formula is C20H19N3O2. The predicted molar refractivity (Wildman–Crippen MR) is 99.3 cm³/mol. The number of pyridine rings is 1. The summed E-state index contributed by atoms with van der Waals surface area (Å²) in [5, 5.41) is 11.0. The Balaban J connectivity index is 1.88. The number of aromatic nitrogens is 1. The van der Waals surface area contributed by atoms with Gasteiger partial charge in [-0.25, -0.2) is 4.79 Å². The molecule has 0 saturated heterocycles. The number of carbonyl (C=O) groups is 1. The summed E-state index contributed by atoms with van der Waals surface area (Å²) in [5.74, 6) is 0. The first kappa shape index (κ1) is 16.5. The molecule has 1 amide bonds. The minimum absolute atomic E-state index is 0.393. The molecule has 1 heterocycles. The molecule has 0 fully saturated rings.